The topological polar surface area (TPSA) is 94.5 Å². The summed E-state index contributed by atoms with van der Waals surface area (Å²) in [6.07, 6.45) is 1.26. The van der Waals surface area contributed by atoms with Gasteiger partial charge in [0, 0.05) is 24.6 Å². The molecule has 4 rings (SSSR count). The van der Waals surface area contributed by atoms with Gasteiger partial charge in [0.15, 0.2) is 12.2 Å². The number of rotatable bonds is 3. The number of guanidine groups is 1. The smallest absolute Gasteiger partial charge is 0.338 e. The van der Waals surface area contributed by atoms with Crippen LogP contribution in [0.1, 0.15) is 24.2 Å². The summed E-state index contributed by atoms with van der Waals surface area (Å²) in [7, 11) is 1.61. The molecule has 0 aliphatic carbocycles. The van der Waals surface area contributed by atoms with Crippen LogP contribution in [0.4, 0.5) is 10.5 Å². The molecule has 1 aromatic carbocycles. The van der Waals surface area contributed by atoms with Crippen molar-refractivity contribution in [1.29, 1.82) is 0 Å². The lowest BCUT2D eigenvalue weighted by molar-refractivity contribution is -0.126. The summed E-state index contributed by atoms with van der Waals surface area (Å²) in [5, 5.41) is 2.35. The van der Waals surface area contributed by atoms with Crippen LogP contribution in [-0.2, 0) is 9.53 Å². The minimum absolute atomic E-state index is 0.317. The van der Waals surface area contributed by atoms with Crippen molar-refractivity contribution in [2.24, 2.45) is 4.99 Å². The van der Waals surface area contributed by atoms with E-state index < -0.39 is 18.2 Å². The number of amides is 3. The number of urea groups is 1. The second kappa shape index (κ2) is 6.11. The number of aliphatic imine (C=N–C) groups is 1. The predicted molar refractivity (Wildman–Crippen MR) is 96.8 cm³/mol. The van der Waals surface area contributed by atoms with Gasteiger partial charge in [-0.25, -0.2) is 14.6 Å². The fraction of sp³-hybridized carbons (Fsp3) is 0.333. The second-order valence-corrected chi connectivity index (χ2v) is 6.47. The maximum Gasteiger partial charge on any atom is 0.338 e. The number of imide groups is 1. The number of carbonyl (C=O) groups excluding carboxylic acids is 3. The molecule has 3 amide bonds. The molecule has 0 aromatic heterocycles. The lowest BCUT2D eigenvalue weighted by Crippen LogP contribution is -2.62. The summed E-state index contributed by atoms with van der Waals surface area (Å²) in [6.45, 7) is 3.98. The number of ether oxygens (including phenoxy) is 1. The molecule has 140 valence electrons. The standard InChI is InChI=1S/C18H19N5O4/c1-4-27-16(25)11-5-7-12(8-6-11)23-10(2)9-22-13-14(19-17(22)23)21(3)18(26)20-15(13)24/h5-9,13-14H,4H2,1-3H3,(H,20,24,26). The van der Waals surface area contributed by atoms with Gasteiger partial charge in [0.1, 0.15) is 0 Å². The Kier molecular flexibility index (Phi) is 3.87. The van der Waals surface area contributed by atoms with Crippen LogP contribution in [0.5, 0.6) is 0 Å². The van der Waals surface area contributed by atoms with E-state index in [0.29, 0.717) is 18.1 Å². The Morgan fingerprint density at radius 2 is 1.96 bits per heavy atom. The first-order valence-electron chi connectivity index (χ1n) is 8.62. The van der Waals surface area contributed by atoms with E-state index in [4.69, 9.17) is 4.74 Å². The molecule has 1 saturated heterocycles. The Labute approximate surface area is 155 Å². The van der Waals surface area contributed by atoms with Gasteiger partial charge in [-0.3, -0.25) is 15.0 Å². The fourth-order valence-electron chi connectivity index (χ4n) is 3.48. The number of esters is 1. The molecule has 3 aliphatic rings. The quantitative estimate of drug-likeness (QED) is 0.802. The largest absolute Gasteiger partial charge is 0.462 e. The van der Waals surface area contributed by atoms with Gasteiger partial charge in [-0.15, -0.1) is 0 Å². The van der Waals surface area contributed by atoms with Crippen LogP contribution in [0, 0.1) is 0 Å². The Bertz CT molecular complexity index is 892. The molecule has 0 spiro atoms. The molecule has 2 unspecified atom stereocenters. The van der Waals surface area contributed by atoms with Crippen molar-refractivity contribution in [3.8, 4) is 0 Å². The van der Waals surface area contributed by atoms with E-state index in [9.17, 15) is 14.4 Å². The Balaban J connectivity index is 1.65. The molecule has 3 aliphatic heterocycles. The number of carbonyl (C=O) groups is 3. The SMILES string of the molecule is CCOC(=O)c1ccc(N2C(C)=CN3C2=NC2C3C(=O)NC(=O)N2C)cc1. The van der Waals surface area contributed by atoms with E-state index in [1.54, 1.807) is 43.1 Å². The van der Waals surface area contributed by atoms with Crippen LogP contribution in [0.15, 0.2) is 41.2 Å². The van der Waals surface area contributed by atoms with Crippen molar-refractivity contribution in [2.75, 3.05) is 18.6 Å². The number of allylic oxidation sites excluding steroid dienone is 1. The first-order valence-corrected chi connectivity index (χ1v) is 8.62. The van der Waals surface area contributed by atoms with E-state index in [2.05, 4.69) is 10.3 Å². The van der Waals surface area contributed by atoms with Gasteiger partial charge >= 0.3 is 12.0 Å². The molecule has 1 N–H and O–H groups in total. The number of hydrogen-bond donors (Lipinski definition) is 1. The van der Waals surface area contributed by atoms with E-state index in [0.717, 1.165) is 11.4 Å². The average molecular weight is 369 g/mol. The van der Waals surface area contributed by atoms with Crippen LogP contribution < -0.4 is 10.2 Å². The van der Waals surface area contributed by atoms with Gasteiger partial charge in [-0.1, -0.05) is 0 Å². The molecule has 0 saturated carbocycles. The number of benzene rings is 1. The molecule has 1 fully saturated rings. The molecule has 0 bridgehead atoms. The second-order valence-electron chi connectivity index (χ2n) is 6.47. The number of likely N-dealkylation sites (N-methyl/N-ethyl adjacent to an activating group) is 1. The van der Waals surface area contributed by atoms with Crippen molar-refractivity contribution in [3.63, 3.8) is 0 Å². The van der Waals surface area contributed by atoms with Crippen molar-refractivity contribution in [2.45, 2.75) is 26.1 Å². The summed E-state index contributed by atoms with van der Waals surface area (Å²) in [5.74, 6) is -0.172. The van der Waals surface area contributed by atoms with Crippen molar-refractivity contribution in [3.05, 3.63) is 41.7 Å². The number of nitrogens with one attached hydrogen (secondary N) is 1. The lowest BCUT2D eigenvalue weighted by Gasteiger charge is -2.34. The van der Waals surface area contributed by atoms with Crippen LogP contribution >= 0.6 is 0 Å². The van der Waals surface area contributed by atoms with Crippen molar-refractivity contribution in [1.82, 2.24) is 15.1 Å². The zero-order valence-electron chi connectivity index (χ0n) is 15.2. The maximum atomic E-state index is 12.3. The van der Waals surface area contributed by atoms with E-state index in [-0.39, 0.29) is 11.9 Å². The molecular weight excluding hydrogens is 350 g/mol. The van der Waals surface area contributed by atoms with Gasteiger partial charge in [-0.05, 0) is 38.1 Å². The van der Waals surface area contributed by atoms with Gasteiger partial charge in [0.2, 0.25) is 5.96 Å². The lowest BCUT2D eigenvalue weighted by atomic mass is 10.1. The fourth-order valence-corrected chi connectivity index (χ4v) is 3.48. The summed E-state index contributed by atoms with van der Waals surface area (Å²) < 4.78 is 5.00. The maximum absolute atomic E-state index is 12.3. The van der Waals surface area contributed by atoms with E-state index in [1.807, 2.05) is 18.0 Å². The summed E-state index contributed by atoms with van der Waals surface area (Å²) in [4.78, 5) is 45.7. The number of anilines is 1. The van der Waals surface area contributed by atoms with Gasteiger partial charge in [-0.2, -0.15) is 0 Å². The minimum atomic E-state index is -0.596. The summed E-state index contributed by atoms with van der Waals surface area (Å²) in [6, 6.07) is 5.92. The van der Waals surface area contributed by atoms with Crippen LogP contribution in [0.25, 0.3) is 0 Å². The average Bonchev–Trinajstić information content (AvgIpc) is 3.15. The molecule has 9 heteroatoms. The molecule has 27 heavy (non-hydrogen) atoms. The third kappa shape index (κ3) is 2.54. The highest BCUT2D eigenvalue weighted by Crippen LogP contribution is 2.35. The third-order valence-electron chi connectivity index (χ3n) is 4.79. The molecule has 0 radical (unpaired) electrons. The molecule has 2 atom stereocenters. The minimum Gasteiger partial charge on any atom is -0.462 e. The molecule has 9 nitrogen and oxygen atoms in total. The first kappa shape index (κ1) is 17.1. The predicted octanol–water partition coefficient (Wildman–Crippen LogP) is 1.09. The Morgan fingerprint density at radius 1 is 1.26 bits per heavy atom. The number of fused-ring (bicyclic) bond motifs is 3. The van der Waals surface area contributed by atoms with Crippen LogP contribution in [0.3, 0.4) is 0 Å². The van der Waals surface area contributed by atoms with E-state index in [1.165, 1.54) is 4.90 Å². The summed E-state index contributed by atoms with van der Waals surface area (Å²) in [5.41, 5.74) is 2.14. The van der Waals surface area contributed by atoms with Gasteiger partial charge in [0.05, 0.1) is 12.2 Å². The Hall–Kier alpha value is -3.36. The monoisotopic (exact) mass is 369 g/mol. The number of hydrogen-bond acceptors (Lipinski definition) is 7. The van der Waals surface area contributed by atoms with Crippen LogP contribution in [0.2, 0.25) is 0 Å². The van der Waals surface area contributed by atoms with Gasteiger partial charge in [0.25, 0.3) is 5.91 Å². The van der Waals surface area contributed by atoms with E-state index >= 15 is 0 Å². The third-order valence-corrected chi connectivity index (χ3v) is 4.79. The zero-order chi connectivity index (χ0) is 19.3. The normalized spacial score (nSPS) is 23.6. The molecule has 3 heterocycles. The highest BCUT2D eigenvalue weighted by molar-refractivity contribution is 6.10. The zero-order valence-corrected chi connectivity index (χ0v) is 15.2. The summed E-state index contributed by atoms with van der Waals surface area (Å²) >= 11 is 0. The van der Waals surface area contributed by atoms with Crippen molar-refractivity contribution < 1.29 is 19.1 Å². The molecule has 1 aromatic rings. The van der Waals surface area contributed by atoms with Crippen LogP contribution in [-0.4, -0.2) is 59.5 Å². The number of nitrogens with zero attached hydrogens (tertiary/aromatic N) is 4. The van der Waals surface area contributed by atoms with Gasteiger partial charge < -0.3 is 14.5 Å². The highest BCUT2D eigenvalue weighted by atomic mass is 16.5. The molecular formula is C18H19N5O4. The first-order chi connectivity index (χ1) is 12.9. The highest BCUT2D eigenvalue weighted by Gasteiger charge is 2.51. The Morgan fingerprint density at radius 3 is 2.63 bits per heavy atom. The van der Waals surface area contributed by atoms with Crippen molar-refractivity contribution >= 4 is 29.6 Å².